The molecule has 0 saturated carbocycles. The van der Waals surface area contributed by atoms with E-state index in [4.69, 9.17) is 14.6 Å². The molecule has 0 aliphatic carbocycles. The van der Waals surface area contributed by atoms with Crippen molar-refractivity contribution in [3.63, 3.8) is 0 Å². The lowest BCUT2D eigenvalue weighted by molar-refractivity contribution is -0.301. The molecule has 0 aromatic carbocycles. The molecule has 0 aromatic heterocycles. The molecule has 12 heteroatoms. The summed E-state index contributed by atoms with van der Waals surface area (Å²) in [6.07, 6.45) is -13.6. The summed E-state index contributed by atoms with van der Waals surface area (Å²) < 4.78 is 10.5. The zero-order chi connectivity index (χ0) is 20.0. The van der Waals surface area contributed by atoms with E-state index < -0.39 is 74.2 Å². The third-order valence-electron chi connectivity index (χ3n) is 3.93. The summed E-state index contributed by atoms with van der Waals surface area (Å²) >= 11 is 0. The fourth-order valence-electron chi connectivity index (χ4n) is 2.52. The highest BCUT2D eigenvalue weighted by atomic mass is 16.7. The number of carbonyl (C=O) groups is 2. The van der Waals surface area contributed by atoms with Gasteiger partial charge < -0.3 is 55.3 Å². The Hall–Kier alpha value is -1.22. The van der Waals surface area contributed by atoms with Crippen molar-refractivity contribution in [2.45, 2.75) is 62.0 Å². The number of rotatable bonds is 9. The quantitative estimate of drug-likeness (QED) is 0.176. The molecule has 8 N–H and O–H groups in total. The molecule has 1 aliphatic heterocycles. The van der Waals surface area contributed by atoms with Crippen LogP contribution in [0.2, 0.25) is 0 Å². The molecule has 0 spiro atoms. The van der Waals surface area contributed by atoms with E-state index in [1.165, 1.54) is 0 Å². The second-order valence-electron chi connectivity index (χ2n) is 5.90. The van der Waals surface area contributed by atoms with Gasteiger partial charge in [0.15, 0.2) is 12.6 Å². The number of hydrogen-bond donors (Lipinski definition) is 8. The minimum atomic E-state index is -1.98. The smallest absolute Gasteiger partial charge is 0.217 e. The molecule has 12 nitrogen and oxygen atoms in total. The van der Waals surface area contributed by atoms with Gasteiger partial charge in [-0.15, -0.1) is 0 Å². The van der Waals surface area contributed by atoms with Crippen LogP contribution in [0.1, 0.15) is 6.92 Å². The van der Waals surface area contributed by atoms with Crippen LogP contribution in [0, 0.1) is 0 Å². The molecule has 1 saturated heterocycles. The Morgan fingerprint density at radius 3 is 2.31 bits per heavy atom. The first-order valence-electron chi connectivity index (χ1n) is 7.83. The monoisotopic (exact) mass is 383 g/mol. The number of ether oxygens (including phenoxy) is 2. The average molecular weight is 383 g/mol. The van der Waals surface area contributed by atoms with Gasteiger partial charge in [-0.05, 0) is 0 Å². The van der Waals surface area contributed by atoms with Gasteiger partial charge in [-0.3, -0.25) is 4.79 Å². The molecule has 1 heterocycles. The summed E-state index contributed by atoms with van der Waals surface area (Å²) in [5.74, 6) is -0.631. The predicted molar refractivity (Wildman–Crippen MR) is 81.4 cm³/mol. The lowest BCUT2D eigenvalue weighted by Crippen LogP contribution is -2.66. The first-order valence-corrected chi connectivity index (χ1v) is 7.83. The van der Waals surface area contributed by atoms with Crippen LogP contribution in [-0.4, -0.2) is 116 Å². The molecule has 1 amide bonds. The lowest BCUT2D eigenvalue weighted by atomic mass is 9.96. The van der Waals surface area contributed by atoms with Crippen LogP contribution in [0.15, 0.2) is 0 Å². The van der Waals surface area contributed by atoms with Gasteiger partial charge in [-0.2, -0.15) is 0 Å². The molecule has 152 valence electrons. The molecule has 1 aliphatic rings. The summed E-state index contributed by atoms with van der Waals surface area (Å²) in [4.78, 5) is 22.0. The molecular weight excluding hydrogens is 358 g/mol. The number of aliphatic hydroxyl groups is 7. The van der Waals surface area contributed by atoms with Crippen molar-refractivity contribution < 1.29 is 54.8 Å². The number of aldehydes is 1. The molecule has 9 atom stereocenters. The van der Waals surface area contributed by atoms with Crippen molar-refractivity contribution in [3.8, 4) is 0 Å². The first kappa shape index (κ1) is 22.8. The molecule has 1 rings (SSSR count). The Labute approximate surface area is 148 Å². The van der Waals surface area contributed by atoms with Gasteiger partial charge in [0.05, 0.1) is 13.2 Å². The highest BCUT2D eigenvalue weighted by Crippen LogP contribution is 2.25. The van der Waals surface area contributed by atoms with Crippen LogP contribution < -0.4 is 5.32 Å². The number of carbonyl (C=O) groups excluding carboxylic acids is 2. The third-order valence-corrected chi connectivity index (χ3v) is 3.93. The highest BCUT2D eigenvalue weighted by molar-refractivity contribution is 5.73. The Bertz CT molecular complexity index is 464. The number of amides is 1. The summed E-state index contributed by atoms with van der Waals surface area (Å²) in [7, 11) is 0. The minimum absolute atomic E-state index is 0.0206. The molecule has 0 radical (unpaired) electrons. The third kappa shape index (κ3) is 5.39. The van der Waals surface area contributed by atoms with Crippen LogP contribution in [0.3, 0.4) is 0 Å². The van der Waals surface area contributed by atoms with Crippen molar-refractivity contribution in [3.05, 3.63) is 0 Å². The van der Waals surface area contributed by atoms with Crippen molar-refractivity contribution in [2.24, 2.45) is 0 Å². The fourth-order valence-corrected chi connectivity index (χ4v) is 2.52. The zero-order valence-corrected chi connectivity index (χ0v) is 14.0. The van der Waals surface area contributed by atoms with Crippen LogP contribution in [0.5, 0.6) is 0 Å². The van der Waals surface area contributed by atoms with Gasteiger partial charge >= 0.3 is 0 Å². The Morgan fingerprint density at radius 2 is 1.85 bits per heavy atom. The maximum absolute atomic E-state index is 11.3. The SMILES string of the molecule is CC(=O)N[C@@H]1[C@H](O[C@@H]([C@H](O)[C@@H](O)C=O)[C@H](O)CO)O[C@H](CO)[C@@H](O)[C@@H]1O. The molecule has 0 bridgehead atoms. The van der Waals surface area contributed by atoms with Gasteiger partial charge in [0.1, 0.15) is 48.8 Å². The second-order valence-corrected chi connectivity index (χ2v) is 5.90. The summed E-state index contributed by atoms with van der Waals surface area (Å²) in [5.41, 5.74) is 0. The largest absolute Gasteiger partial charge is 0.394 e. The molecular formula is C14H25NO11. The molecule has 1 fully saturated rings. The van der Waals surface area contributed by atoms with E-state index in [0.29, 0.717) is 0 Å². The van der Waals surface area contributed by atoms with Gasteiger partial charge in [-0.1, -0.05) is 0 Å². The maximum atomic E-state index is 11.3. The number of nitrogens with one attached hydrogen (secondary N) is 1. The van der Waals surface area contributed by atoms with Crippen LogP contribution in [0.25, 0.3) is 0 Å². The summed E-state index contributed by atoms with van der Waals surface area (Å²) in [5, 5.41) is 69.8. The molecule has 0 aromatic rings. The standard InChI is InChI=1S/C14H25NO11/c1-5(19)15-9-12(24)11(23)8(4-18)25-14(9)26-13(7(21)3-17)10(22)6(20)2-16/h2,6-14,17-18,20-24H,3-4H2,1H3,(H,15,19)/t6-,7+,8+,9-,10+,11+,12+,13+,14-/m0/s1. The van der Waals surface area contributed by atoms with Crippen LogP contribution >= 0.6 is 0 Å². The minimum Gasteiger partial charge on any atom is -0.394 e. The zero-order valence-electron chi connectivity index (χ0n) is 14.0. The van der Waals surface area contributed by atoms with Gasteiger partial charge in [0, 0.05) is 6.92 Å². The first-order chi connectivity index (χ1) is 12.2. The van der Waals surface area contributed by atoms with E-state index in [2.05, 4.69) is 5.32 Å². The highest BCUT2D eigenvalue weighted by Gasteiger charge is 2.47. The topological polar surface area (TPSA) is 206 Å². The Morgan fingerprint density at radius 1 is 1.23 bits per heavy atom. The number of aliphatic hydroxyl groups excluding tert-OH is 7. The second kappa shape index (κ2) is 10.2. The normalized spacial score (nSPS) is 33.8. The predicted octanol–water partition coefficient (Wildman–Crippen LogP) is -5.41. The summed E-state index contributed by atoms with van der Waals surface area (Å²) in [6.45, 7) is -0.531. The maximum Gasteiger partial charge on any atom is 0.217 e. The lowest BCUT2D eigenvalue weighted by Gasteiger charge is -2.44. The van der Waals surface area contributed by atoms with Gasteiger partial charge in [-0.25, -0.2) is 0 Å². The van der Waals surface area contributed by atoms with Gasteiger partial charge in [0.25, 0.3) is 0 Å². The van der Waals surface area contributed by atoms with Crippen molar-refractivity contribution in [2.75, 3.05) is 13.2 Å². The van der Waals surface area contributed by atoms with E-state index in [1.54, 1.807) is 0 Å². The Kier molecular flexibility index (Phi) is 8.95. The van der Waals surface area contributed by atoms with Crippen molar-refractivity contribution >= 4 is 12.2 Å². The van der Waals surface area contributed by atoms with E-state index in [-0.39, 0.29) is 6.29 Å². The van der Waals surface area contributed by atoms with E-state index in [1.807, 2.05) is 0 Å². The van der Waals surface area contributed by atoms with Gasteiger partial charge in [0.2, 0.25) is 5.91 Å². The van der Waals surface area contributed by atoms with Crippen LogP contribution in [-0.2, 0) is 19.1 Å². The van der Waals surface area contributed by atoms with Crippen molar-refractivity contribution in [1.82, 2.24) is 5.32 Å². The van der Waals surface area contributed by atoms with E-state index in [9.17, 15) is 40.2 Å². The molecule has 26 heavy (non-hydrogen) atoms. The summed E-state index contributed by atoms with van der Waals surface area (Å²) in [6, 6.07) is -1.38. The number of hydrogen-bond acceptors (Lipinski definition) is 11. The average Bonchev–Trinajstić information content (AvgIpc) is 2.62. The molecule has 0 unspecified atom stereocenters. The van der Waals surface area contributed by atoms with Crippen LogP contribution in [0.4, 0.5) is 0 Å². The van der Waals surface area contributed by atoms with E-state index >= 15 is 0 Å². The van der Waals surface area contributed by atoms with Crippen molar-refractivity contribution in [1.29, 1.82) is 0 Å². The van der Waals surface area contributed by atoms with E-state index in [0.717, 1.165) is 6.92 Å². The Balaban J connectivity index is 3.09. The fraction of sp³-hybridized carbons (Fsp3) is 0.857.